The zero-order chi connectivity index (χ0) is 20.2. The molecule has 1 heterocycles. The number of fused-ring (bicyclic) bond motifs is 1. The molecule has 2 aromatic carbocycles. The zero-order valence-electron chi connectivity index (χ0n) is 17.3. The molecule has 1 aliphatic rings. The monoisotopic (exact) mass is 391 g/mol. The molecule has 1 N–H and O–H groups in total. The maximum Gasteiger partial charge on any atom is 0.298 e. The van der Waals surface area contributed by atoms with Gasteiger partial charge in [0.25, 0.3) is 6.47 Å². The summed E-state index contributed by atoms with van der Waals surface area (Å²) in [7, 11) is 0. The number of hydrogen-bond donors (Lipinski definition) is 1. The normalized spacial score (nSPS) is 15.2. The first kappa shape index (κ1) is 19.5. The Kier molecular flexibility index (Phi) is 5.84. The molecule has 29 heavy (non-hydrogen) atoms. The van der Waals surface area contributed by atoms with Gasteiger partial charge in [-0.25, -0.2) is 4.98 Å². The average molecular weight is 392 g/mol. The van der Waals surface area contributed by atoms with E-state index in [1.54, 1.807) is 0 Å². The van der Waals surface area contributed by atoms with Crippen LogP contribution in [0.5, 0.6) is 5.75 Å². The fourth-order valence-electron chi connectivity index (χ4n) is 4.44. The quantitative estimate of drug-likeness (QED) is 0.433. The third-order valence-corrected chi connectivity index (χ3v) is 5.97. The number of aromatic nitrogens is 2. The molecule has 0 unspecified atom stereocenters. The van der Waals surface area contributed by atoms with Crippen LogP contribution >= 0.6 is 0 Å². The Hall–Kier alpha value is -2.82. The predicted molar refractivity (Wildman–Crippen MR) is 116 cm³/mol. The van der Waals surface area contributed by atoms with Crippen molar-refractivity contribution in [3.8, 4) is 5.75 Å². The second-order valence-electron chi connectivity index (χ2n) is 8.10. The highest BCUT2D eigenvalue weighted by molar-refractivity contribution is 5.81. The van der Waals surface area contributed by atoms with Crippen molar-refractivity contribution < 1.29 is 9.53 Å². The molecule has 1 aromatic heterocycles. The van der Waals surface area contributed by atoms with E-state index in [-0.39, 0.29) is 0 Å². The molecule has 0 amide bonds. The van der Waals surface area contributed by atoms with Crippen LogP contribution in [0.15, 0.2) is 36.4 Å². The largest absolute Gasteiger partial charge is 0.429 e. The number of carbonyl (C=O) groups excluding carboxylic acids is 1. The number of aryl methyl sites for hydroxylation is 2. The second kappa shape index (κ2) is 8.68. The van der Waals surface area contributed by atoms with Gasteiger partial charge in [0, 0.05) is 18.7 Å². The maximum atomic E-state index is 10.7. The van der Waals surface area contributed by atoms with Crippen molar-refractivity contribution in [2.24, 2.45) is 0 Å². The number of nitrogens with zero attached hydrogens (tertiary/aromatic N) is 2. The minimum absolute atomic E-state index is 0.446. The number of imidazole rings is 1. The summed E-state index contributed by atoms with van der Waals surface area (Å²) in [5.74, 6) is 1.43. The van der Waals surface area contributed by atoms with E-state index in [0.29, 0.717) is 18.3 Å². The molecule has 0 bridgehead atoms. The molecule has 0 saturated heterocycles. The topological polar surface area (TPSA) is 56.2 Å². The van der Waals surface area contributed by atoms with Crippen LogP contribution in [0.4, 0.5) is 5.95 Å². The Balaban J connectivity index is 1.69. The van der Waals surface area contributed by atoms with Gasteiger partial charge in [0.1, 0.15) is 5.75 Å². The fraction of sp³-hybridized carbons (Fsp3) is 0.417. The van der Waals surface area contributed by atoms with Crippen LogP contribution in [-0.2, 0) is 11.3 Å². The Labute approximate surface area is 172 Å². The van der Waals surface area contributed by atoms with Gasteiger partial charge in [0.05, 0.1) is 11.0 Å². The number of nitrogens with one attached hydrogen (secondary N) is 1. The van der Waals surface area contributed by atoms with Gasteiger partial charge in [-0.3, -0.25) is 4.79 Å². The first-order valence-corrected chi connectivity index (χ1v) is 10.6. The molecule has 4 rings (SSSR count). The molecule has 5 heteroatoms. The summed E-state index contributed by atoms with van der Waals surface area (Å²) in [5, 5.41) is 3.59. The summed E-state index contributed by atoms with van der Waals surface area (Å²) in [5.41, 5.74) is 5.80. The highest BCUT2D eigenvalue weighted by atomic mass is 16.5. The van der Waals surface area contributed by atoms with Gasteiger partial charge < -0.3 is 14.6 Å². The SMILES string of the molecule is Cc1ccc(CNc2nc3cc(OC=O)ccc3n2C2CCCCCC2)c(C)c1. The van der Waals surface area contributed by atoms with Gasteiger partial charge in [-0.1, -0.05) is 49.4 Å². The Morgan fingerprint density at radius 2 is 1.90 bits per heavy atom. The van der Waals surface area contributed by atoms with Gasteiger partial charge in [-0.15, -0.1) is 0 Å². The average Bonchev–Trinajstić information content (AvgIpc) is 2.86. The van der Waals surface area contributed by atoms with E-state index < -0.39 is 0 Å². The summed E-state index contributed by atoms with van der Waals surface area (Å²) in [4.78, 5) is 15.6. The van der Waals surface area contributed by atoms with Crippen molar-refractivity contribution in [3.63, 3.8) is 0 Å². The van der Waals surface area contributed by atoms with Gasteiger partial charge in [0.15, 0.2) is 0 Å². The standard InChI is InChI=1S/C24H29N3O2/c1-17-9-10-19(18(2)13-17)15-25-24-26-22-14-21(29-16-28)11-12-23(22)27(24)20-7-5-3-4-6-8-20/h9-14,16,20H,3-8,15H2,1-2H3,(H,25,26). The van der Waals surface area contributed by atoms with E-state index in [0.717, 1.165) is 23.5 Å². The van der Waals surface area contributed by atoms with E-state index in [2.05, 4.69) is 41.9 Å². The lowest BCUT2D eigenvalue weighted by Gasteiger charge is -2.21. The van der Waals surface area contributed by atoms with Crippen LogP contribution in [0, 0.1) is 13.8 Å². The van der Waals surface area contributed by atoms with Crippen molar-refractivity contribution >= 4 is 23.5 Å². The number of carbonyl (C=O) groups is 1. The van der Waals surface area contributed by atoms with Crippen molar-refractivity contribution in [2.75, 3.05) is 5.32 Å². The molecule has 1 fully saturated rings. The summed E-state index contributed by atoms with van der Waals surface area (Å²) < 4.78 is 7.40. The minimum atomic E-state index is 0.446. The lowest BCUT2D eigenvalue weighted by Crippen LogP contribution is -2.13. The maximum absolute atomic E-state index is 10.7. The van der Waals surface area contributed by atoms with Crippen LogP contribution in [-0.4, -0.2) is 16.0 Å². The van der Waals surface area contributed by atoms with Gasteiger partial charge in [-0.05, 0) is 49.9 Å². The van der Waals surface area contributed by atoms with Crippen LogP contribution in [0.3, 0.4) is 0 Å². The molecule has 0 aliphatic heterocycles. The van der Waals surface area contributed by atoms with Crippen molar-refractivity contribution in [1.29, 1.82) is 0 Å². The zero-order valence-corrected chi connectivity index (χ0v) is 17.3. The fourth-order valence-corrected chi connectivity index (χ4v) is 4.44. The molecule has 0 spiro atoms. The van der Waals surface area contributed by atoms with Crippen molar-refractivity contribution in [3.05, 3.63) is 53.1 Å². The lowest BCUT2D eigenvalue weighted by molar-refractivity contribution is -0.120. The second-order valence-corrected chi connectivity index (χ2v) is 8.10. The number of hydrogen-bond acceptors (Lipinski definition) is 4. The number of anilines is 1. The van der Waals surface area contributed by atoms with E-state index in [4.69, 9.17) is 9.72 Å². The Morgan fingerprint density at radius 3 is 2.62 bits per heavy atom. The number of ether oxygens (including phenoxy) is 1. The third-order valence-electron chi connectivity index (χ3n) is 5.97. The molecule has 0 atom stereocenters. The molecule has 3 aromatic rings. The van der Waals surface area contributed by atoms with Crippen LogP contribution in [0.1, 0.15) is 61.3 Å². The predicted octanol–water partition coefficient (Wildman–Crippen LogP) is 5.70. The van der Waals surface area contributed by atoms with E-state index in [9.17, 15) is 4.79 Å². The molecule has 1 aliphatic carbocycles. The molecule has 152 valence electrons. The number of rotatable bonds is 6. The van der Waals surface area contributed by atoms with Gasteiger partial charge in [0.2, 0.25) is 5.95 Å². The van der Waals surface area contributed by atoms with Crippen LogP contribution < -0.4 is 10.1 Å². The molecule has 0 radical (unpaired) electrons. The Morgan fingerprint density at radius 1 is 1.10 bits per heavy atom. The smallest absolute Gasteiger partial charge is 0.298 e. The highest BCUT2D eigenvalue weighted by Gasteiger charge is 2.21. The highest BCUT2D eigenvalue weighted by Crippen LogP contribution is 2.34. The van der Waals surface area contributed by atoms with Crippen LogP contribution in [0.2, 0.25) is 0 Å². The first-order valence-electron chi connectivity index (χ1n) is 10.6. The van der Waals surface area contributed by atoms with Gasteiger partial charge in [-0.2, -0.15) is 0 Å². The van der Waals surface area contributed by atoms with Crippen molar-refractivity contribution in [2.45, 2.75) is 65.0 Å². The minimum Gasteiger partial charge on any atom is -0.429 e. The van der Waals surface area contributed by atoms with Crippen molar-refractivity contribution in [1.82, 2.24) is 9.55 Å². The lowest BCUT2D eigenvalue weighted by atomic mass is 10.1. The third kappa shape index (κ3) is 4.29. The van der Waals surface area contributed by atoms with Gasteiger partial charge >= 0.3 is 0 Å². The molecule has 5 nitrogen and oxygen atoms in total. The molecule has 1 saturated carbocycles. The molecular formula is C24H29N3O2. The molecular weight excluding hydrogens is 362 g/mol. The number of benzene rings is 2. The first-order chi connectivity index (χ1) is 14.2. The van der Waals surface area contributed by atoms with Crippen LogP contribution in [0.25, 0.3) is 11.0 Å². The summed E-state index contributed by atoms with van der Waals surface area (Å²) >= 11 is 0. The summed E-state index contributed by atoms with van der Waals surface area (Å²) in [6.07, 6.45) is 7.49. The van der Waals surface area contributed by atoms with E-state index in [1.165, 1.54) is 55.2 Å². The Bertz CT molecular complexity index is 1000. The van der Waals surface area contributed by atoms with E-state index >= 15 is 0 Å². The summed E-state index contributed by atoms with van der Waals surface area (Å²) in [6, 6.07) is 12.7. The summed E-state index contributed by atoms with van der Waals surface area (Å²) in [6.45, 7) is 5.47. The van der Waals surface area contributed by atoms with E-state index in [1.807, 2.05) is 18.2 Å².